The van der Waals surface area contributed by atoms with Crippen molar-refractivity contribution in [1.29, 1.82) is 0 Å². The van der Waals surface area contributed by atoms with Crippen LogP contribution in [0.25, 0.3) is 5.65 Å². The van der Waals surface area contributed by atoms with Crippen molar-refractivity contribution < 1.29 is 9.59 Å². The van der Waals surface area contributed by atoms with Crippen LogP contribution in [-0.4, -0.2) is 81.5 Å². The summed E-state index contributed by atoms with van der Waals surface area (Å²) in [5, 5.41) is 8.62. The molecule has 2 aromatic rings. The molecule has 2 aromatic heterocycles. The van der Waals surface area contributed by atoms with Crippen molar-refractivity contribution in [2.24, 2.45) is 0 Å². The van der Waals surface area contributed by atoms with E-state index in [4.69, 9.17) is 0 Å². The van der Waals surface area contributed by atoms with E-state index in [1.54, 1.807) is 19.0 Å². The average molecular weight is 370 g/mol. The number of hydrogen-bond donors (Lipinski definition) is 0. The van der Waals surface area contributed by atoms with E-state index in [0.29, 0.717) is 18.7 Å². The van der Waals surface area contributed by atoms with E-state index in [1.807, 2.05) is 32.5 Å². The molecular weight excluding hydrogens is 344 g/mol. The van der Waals surface area contributed by atoms with Gasteiger partial charge in [0.15, 0.2) is 5.65 Å². The second kappa shape index (κ2) is 7.17. The van der Waals surface area contributed by atoms with Gasteiger partial charge in [-0.05, 0) is 37.8 Å². The Morgan fingerprint density at radius 3 is 2.56 bits per heavy atom. The molecule has 0 aromatic carbocycles. The minimum absolute atomic E-state index is 0.0206. The van der Waals surface area contributed by atoms with E-state index < -0.39 is 0 Å². The molecule has 3 amide bonds. The SMILES string of the molecule is CN(C)C(=O)N1CCC(c2nnc3ccc(C(=O)N4CCCCC4)cn23)C1. The Labute approximate surface area is 158 Å². The van der Waals surface area contributed by atoms with Crippen molar-refractivity contribution in [1.82, 2.24) is 29.3 Å². The number of urea groups is 1. The molecule has 8 heteroatoms. The van der Waals surface area contributed by atoms with Gasteiger partial charge in [-0.2, -0.15) is 0 Å². The first-order valence-electron chi connectivity index (χ1n) is 9.65. The highest BCUT2D eigenvalue weighted by Gasteiger charge is 2.31. The number of amides is 3. The summed E-state index contributed by atoms with van der Waals surface area (Å²) in [5.74, 6) is 1.03. The Morgan fingerprint density at radius 1 is 1.04 bits per heavy atom. The van der Waals surface area contributed by atoms with E-state index in [9.17, 15) is 9.59 Å². The molecule has 0 saturated carbocycles. The summed E-state index contributed by atoms with van der Waals surface area (Å²) in [7, 11) is 3.53. The van der Waals surface area contributed by atoms with Crippen LogP contribution in [0.1, 0.15) is 47.8 Å². The first kappa shape index (κ1) is 17.8. The maximum Gasteiger partial charge on any atom is 0.319 e. The van der Waals surface area contributed by atoms with E-state index in [1.165, 1.54) is 6.42 Å². The molecule has 2 aliphatic rings. The molecule has 1 atom stereocenters. The van der Waals surface area contributed by atoms with Gasteiger partial charge in [-0.25, -0.2) is 4.79 Å². The van der Waals surface area contributed by atoms with E-state index in [2.05, 4.69) is 10.2 Å². The lowest BCUT2D eigenvalue weighted by Gasteiger charge is -2.26. The van der Waals surface area contributed by atoms with Crippen LogP contribution in [0.2, 0.25) is 0 Å². The fourth-order valence-electron chi connectivity index (χ4n) is 4.02. The highest BCUT2D eigenvalue weighted by molar-refractivity contribution is 5.94. The van der Waals surface area contributed by atoms with Gasteiger partial charge >= 0.3 is 6.03 Å². The molecule has 2 saturated heterocycles. The molecule has 0 radical (unpaired) electrons. The second-order valence-corrected chi connectivity index (χ2v) is 7.67. The normalized spacial score (nSPS) is 20.3. The Morgan fingerprint density at radius 2 is 1.81 bits per heavy atom. The molecule has 2 fully saturated rings. The summed E-state index contributed by atoms with van der Waals surface area (Å²) in [6.45, 7) is 3.00. The van der Waals surface area contributed by atoms with Gasteiger partial charge in [0.25, 0.3) is 5.91 Å². The third kappa shape index (κ3) is 3.36. The zero-order valence-corrected chi connectivity index (χ0v) is 16.0. The molecule has 1 unspecified atom stereocenters. The molecule has 0 spiro atoms. The maximum absolute atomic E-state index is 12.8. The highest BCUT2D eigenvalue weighted by Crippen LogP contribution is 2.27. The molecule has 4 heterocycles. The largest absolute Gasteiger partial charge is 0.339 e. The lowest BCUT2D eigenvalue weighted by molar-refractivity contribution is 0.0724. The number of nitrogens with zero attached hydrogens (tertiary/aromatic N) is 6. The van der Waals surface area contributed by atoms with Gasteiger partial charge in [0.05, 0.1) is 5.56 Å². The Balaban J connectivity index is 1.57. The number of carbonyl (C=O) groups excluding carboxylic acids is 2. The zero-order chi connectivity index (χ0) is 19.0. The summed E-state index contributed by atoms with van der Waals surface area (Å²) in [6, 6.07) is 3.71. The zero-order valence-electron chi connectivity index (χ0n) is 16.0. The number of aromatic nitrogens is 3. The highest BCUT2D eigenvalue weighted by atomic mass is 16.2. The third-order valence-corrected chi connectivity index (χ3v) is 5.53. The number of likely N-dealkylation sites (tertiary alicyclic amines) is 2. The van der Waals surface area contributed by atoms with Crippen LogP contribution in [-0.2, 0) is 0 Å². The molecule has 4 rings (SSSR count). The quantitative estimate of drug-likeness (QED) is 0.808. The van der Waals surface area contributed by atoms with Crippen LogP contribution in [0.15, 0.2) is 18.3 Å². The van der Waals surface area contributed by atoms with Crippen LogP contribution in [0.4, 0.5) is 4.79 Å². The minimum Gasteiger partial charge on any atom is -0.339 e. The Bertz CT molecular complexity index is 855. The van der Waals surface area contributed by atoms with Gasteiger partial charge in [-0.1, -0.05) is 0 Å². The topological polar surface area (TPSA) is 74.0 Å². The second-order valence-electron chi connectivity index (χ2n) is 7.67. The van der Waals surface area contributed by atoms with Gasteiger partial charge < -0.3 is 14.7 Å². The van der Waals surface area contributed by atoms with Crippen molar-refractivity contribution in [3.05, 3.63) is 29.7 Å². The lowest BCUT2D eigenvalue weighted by atomic mass is 10.1. The van der Waals surface area contributed by atoms with Crippen LogP contribution < -0.4 is 0 Å². The van der Waals surface area contributed by atoms with Crippen LogP contribution >= 0.6 is 0 Å². The van der Waals surface area contributed by atoms with Gasteiger partial charge in [-0.3, -0.25) is 9.20 Å². The molecule has 8 nitrogen and oxygen atoms in total. The van der Waals surface area contributed by atoms with E-state index in [-0.39, 0.29) is 17.9 Å². The van der Waals surface area contributed by atoms with Crippen molar-refractivity contribution in [3.8, 4) is 0 Å². The molecule has 0 N–H and O–H groups in total. The number of piperidine rings is 1. The molecule has 2 aliphatic heterocycles. The monoisotopic (exact) mass is 370 g/mol. The van der Waals surface area contributed by atoms with Crippen LogP contribution in [0, 0.1) is 0 Å². The van der Waals surface area contributed by atoms with E-state index >= 15 is 0 Å². The summed E-state index contributed by atoms with van der Waals surface area (Å²) >= 11 is 0. The lowest BCUT2D eigenvalue weighted by Crippen LogP contribution is -2.37. The number of fused-ring (bicyclic) bond motifs is 1. The summed E-state index contributed by atoms with van der Waals surface area (Å²) < 4.78 is 1.92. The maximum atomic E-state index is 12.8. The first-order valence-corrected chi connectivity index (χ1v) is 9.65. The van der Waals surface area contributed by atoms with Gasteiger partial charge in [0, 0.05) is 52.4 Å². The molecule has 27 heavy (non-hydrogen) atoms. The van der Waals surface area contributed by atoms with Crippen molar-refractivity contribution in [2.75, 3.05) is 40.3 Å². The number of hydrogen-bond acceptors (Lipinski definition) is 4. The predicted octanol–water partition coefficient (Wildman–Crippen LogP) is 1.83. The number of carbonyl (C=O) groups is 2. The van der Waals surface area contributed by atoms with Crippen molar-refractivity contribution in [2.45, 2.75) is 31.6 Å². The fourth-order valence-corrected chi connectivity index (χ4v) is 4.02. The smallest absolute Gasteiger partial charge is 0.319 e. The Kier molecular flexibility index (Phi) is 4.72. The third-order valence-electron chi connectivity index (χ3n) is 5.53. The van der Waals surface area contributed by atoms with Gasteiger partial charge in [0.1, 0.15) is 5.82 Å². The van der Waals surface area contributed by atoms with Gasteiger partial charge in [-0.15, -0.1) is 10.2 Å². The molecule has 144 valence electrons. The Hall–Kier alpha value is -2.64. The average Bonchev–Trinajstić information content (AvgIpc) is 3.33. The minimum atomic E-state index is 0.0206. The first-order chi connectivity index (χ1) is 13.0. The number of pyridine rings is 1. The summed E-state index contributed by atoms with van der Waals surface area (Å²) in [4.78, 5) is 30.4. The van der Waals surface area contributed by atoms with Crippen LogP contribution in [0.5, 0.6) is 0 Å². The standard InChI is InChI=1S/C19H26N6O2/c1-22(2)19(27)24-11-8-14(12-24)17-21-20-16-7-6-15(13-25(16)17)18(26)23-9-4-3-5-10-23/h6-7,13-14H,3-5,8-12H2,1-2H3. The summed E-state index contributed by atoms with van der Waals surface area (Å²) in [6.07, 6.45) is 6.05. The van der Waals surface area contributed by atoms with Crippen LogP contribution in [0.3, 0.4) is 0 Å². The molecule has 0 bridgehead atoms. The summed E-state index contributed by atoms with van der Waals surface area (Å²) in [5.41, 5.74) is 1.40. The molecular formula is C19H26N6O2. The van der Waals surface area contributed by atoms with Crippen molar-refractivity contribution in [3.63, 3.8) is 0 Å². The predicted molar refractivity (Wildman–Crippen MR) is 101 cm³/mol. The number of rotatable bonds is 2. The van der Waals surface area contributed by atoms with Gasteiger partial charge in [0.2, 0.25) is 0 Å². The van der Waals surface area contributed by atoms with E-state index in [0.717, 1.165) is 43.8 Å². The fraction of sp³-hybridized carbons (Fsp3) is 0.579. The van der Waals surface area contributed by atoms with Crippen molar-refractivity contribution >= 4 is 17.6 Å². The molecule has 0 aliphatic carbocycles.